The average Bonchev–Trinajstić information content (AvgIpc) is 2.82. The van der Waals surface area contributed by atoms with Gasteiger partial charge in [0, 0.05) is 36.3 Å². The second kappa shape index (κ2) is 10.9. The number of hydrazone groups is 1. The van der Waals surface area contributed by atoms with Gasteiger partial charge in [0.1, 0.15) is 18.8 Å². The van der Waals surface area contributed by atoms with E-state index in [1.165, 1.54) is 40.3 Å². The van der Waals surface area contributed by atoms with Crippen LogP contribution in [0.3, 0.4) is 0 Å². The standard InChI is InChI=1S/C23H23N5O6/c1-2-4-16-5-3-6-18(22(16)31)13-24-25-20(29)14-26-11-12-27(15-21(26)30)23(32)17-7-9-19(10-8-17)28(33)34/h2-3,5-10,13,31H,1,4,11-12,14-15H2,(H,25,29)/b24-13+. The molecule has 176 valence electrons. The van der Waals surface area contributed by atoms with Crippen molar-refractivity contribution >= 4 is 29.6 Å². The van der Waals surface area contributed by atoms with Gasteiger partial charge in [-0.3, -0.25) is 24.5 Å². The van der Waals surface area contributed by atoms with Crippen LogP contribution in [-0.2, 0) is 16.0 Å². The number of aromatic hydroxyl groups is 1. The van der Waals surface area contributed by atoms with Crippen molar-refractivity contribution in [2.75, 3.05) is 26.2 Å². The second-order valence-electron chi connectivity index (χ2n) is 7.49. The summed E-state index contributed by atoms with van der Waals surface area (Å²) >= 11 is 0. The fraction of sp³-hybridized carbons (Fsp3) is 0.217. The molecule has 11 nitrogen and oxygen atoms in total. The Hall–Kier alpha value is -4.54. The van der Waals surface area contributed by atoms with E-state index in [9.17, 15) is 29.6 Å². The van der Waals surface area contributed by atoms with E-state index in [1.54, 1.807) is 24.3 Å². The van der Waals surface area contributed by atoms with Crippen LogP contribution in [0, 0.1) is 10.1 Å². The lowest BCUT2D eigenvalue weighted by Gasteiger charge is -2.33. The smallest absolute Gasteiger partial charge is 0.269 e. The molecule has 2 aromatic carbocycles. The minimum Gasteiger partial charge on any atom is -0.507 e. The van der Waals surface area contributed by atoms with Gasteiger partial charge in [0.05, 0.1) is 11.1 Å². The number of phenolic OH excluding ortho intramolecular Hbond substituents is 1. The van der Waals surface area contributed by atoms with Crippen LogP contribution in [0.1, 0.15) is 21.5 Å². The minimum atomic E-state index is -0.561. The molecule has 0 spiro atoms. The summed E-state index contributed by atoms with van der Waals surface area (Å²) in [4.78, 5) is 50.0. The Bertz CT molecular complexity index is 1150. The lowest BCUT2D eigenvalue weighted by molar-refractivity contribution is -0.384. The molecule has 0 radical (unpaired) electrons. The molecule has 0 unspecified atom stereocenters. The summed E-state index contributed by atoms with van der Waals surface area (Å²) in [5.41, 5.74) is 3.53. The van der Waals surface area contributed by atoms with Crippen LogP contribution in [0.5, 0.6) is 5.75 Å². The Morgan fingerprint density at radius 2 is 1.94 bits per heavy atom. The zero-order valence-electron chi connectivity index (χ0n) is 18.2. The minimum absolute atomic E-state index is 0.0457. The van der Waals surface area contributed by atoms with Gasteiger partial charge >= 0.3 is 0 Å². The number of piperazine rings is 1. The quantitative estimate of drug-likeness (QED) is 0.261. The predicted octanol–water partition coefficient (Wildman–Crippen LogP) is 1.46. The number of para-hydroxylation sites is 1. The van der Waals surface area contributed by atoms with Crippen molar-refractivity contribution in [2.24, 2.45) is 5.10 Å². The monoisotopic (exact) mass is 465 g/mol. The van der Waals surface area contributed by atoms with Crippen molar-refractivity contribution in [1.82, 2.24) is 15.2 Å². The highest BCUT2D eigenvalue weighted by molar-refractivity contribution is 5.97. The number of nitro groups is 1. The third kappa shape index (κ3) is 5.82. The van der Waals surface area contributed by atoms with Crippen molar-refractivity contribution in [2.45, 2.75) is 6.42 Å². The van der Waals surface area contributed by atoms with Crippen molar-refractivity contribution in [3.63, 3.8) is 0 Å². The number of benzene rings is 2. The maximum absolute atomic E-state index is 12.6. The summed E-state index contributed by atoms with van der Waals surface area (Å²) in [5, 5.41) is 24.8. The number of rotatable bonds is 8. The first-order valence-electron chi connectivity index (χ1n) is 10.3. The van der Waals surface area contributed by atoms with Gasteiger partial charge < -0.3 is 14.9 Å². The first-order chi connectivity index (χ1) is 16.3. The van der Waals surface area contributed by atoms with Gasteiger partial charge in [0.2, 0.25) is 5.91 Å². The number of amides is 3. The normalized spacial score (nSPS) is 13.7. The highest BCUT2D eigenvalue weighted by atomic mass is 16.6. The van der Waals surface area contributed by atoms with Gasteiger partial charge in [-0.25, -0.2) is 5.43 Å². The lowest BCUT2D eigenvalue weighted by Crippen LogP contribution is -2.54. The molecule has 11 heteroatoms. The van der Waals surface area contributed by atoms with Crippen LogP contribution in [0.15, 0.2) is 60.2 Å². The molecule has 0 bridgehead atoms. The second-order valence-corrected chi connectivity index (χ2v) is 7.49. The summed E-state index contributed by atoms with van der Waals surface area (Å²) in [7, 11) is 0. The van der Waals surface area contributed by atoms with Gasteiger partial charge in [0.25, 0.3) is 17.5 Å². The molecule has 1 saturated heterocycles. The summed E-state index contributed by atoms with van der Waals surface area (Å²) in [6.45, 7) is 3.55. The Kier molecular flexibility index (Phi) is 7.70. The van der Waals surface area contributed by atoms with E-state index in [2.05, 4.69) is 17.1 Å². The molecule has 1 heterocycles. The van der Waals surface area contributed by atoms with E-state index in [4.69, 9.17) is 0 Å². The summed E-state index contributed by atoms with van der Waals surface area (Å²) in [6, 6.07) is 10.3. The predicted molar refractivity (Wildman–Crippen MR) is 123 cm³/mol. The molecular formula is C23H23N5O6. The first kappa shape index (κ1) is 24.1. The Morgan fingerprint density at radius 3 is 2.59 bits per heavy atom. The van der Waals surface area contributed by atoms with Gasteiger partial charge in [-0.2, -0.15) is 5.10 Å². The maximum Gasteiger partial charge on any atom is 0.269 e. The topological polar surface area (TPSA) is 145 Å². The van der Waals surface area contributed by atoms with E-state index in [-0.39, 0.29) is 43.2 Å². The van der Waals surface area contributed by atoms with E-state index < -0.39 is 22.6 Å². The first-order valence-corrected chi connectivity index (χ1v) is 10.3. The molecule has 3 amide bonds. The number of non-ortho nitro benzene ring substituents is 1. The number of carbonyl (C=O) groups excluding carboxylic acids is 3. The molecular weight excluding hydrogens is 442 g/mol. The fourth-order valence-electron chi connectivity index (χ4n) is 3.38. The summed E-state index contributed by atoms with van der Waals surface area (Å²) in [6.07, 6.45) is 3.46. The Morgan fingerprint density at radius 1 is 1.21 bits per heavy atom. The average molecular weight is 465 g/mol. The van der Waals surface area contributed by atoms with Crippen LogP contribution in [-0.4, -0.2) is 69.9 Å². The van der Waals surface area contributed by atoms with Crippen molar-refractivity contribution in [1.29, 1.82) is 0 Å². The molecule has 1 aliphatic heterocycles. The van der Waals surface area contributed by atoms with E-state index in [0.717, 1.165) is 0 Å². The Balaban J connectivity index is 1.51. The number of hydrogen-bond donors (Lipinski definition) is 2. The van der Waals surface area contributed by atoms with Crippen LogP contribution in [0.4, 0.5) is 5.69 Å². The third-order valence-corrected chi connectivity index (χ3v) is 5.17. The number of nitro benzene ring substituents is 1. The van der Waals surface area contributed by atoms with Crippen molar-refractivity contribution in [3.05, 3.63) is 81.9 Å². The summed E-state index contributed by atoms with van der Waals surface area (Å²) < 4.78 is 0. The van der Waals surface area contributed by atoms with Gasteiger partial charge in [-0.15, -0.1) is 6.58 Å². The third-order valence-electron chi connectivity index (χ3n) is 5.17. The number of carbonyl (C=O) groups is 3. The van der Waals surface area contributed by atoms with Gasteiger partial charge in [0.15, 0.2) is 0 Å². The molecule has 2 N–H and O–H groups in total. The lowest BCUT2D eigenvalue weighted by atomic mass is 10.1. The van der Waals surface area contributed by atoms with E-state index in [1.807, 2.05) is 0 Å². The molecule has 0 saturated carbocycles. The van der Waals surface area contributed by atoms with E-state index >= 15 is 0 Å². The zero-order chi connectivity index (χ0) is 24.7. The van der Waals surface area contributed by atoms with Crippen LogP contribution in [0.25, 0.3) is 0 Å². The molecule has 0 aromatic heterocycles. The number of allylic oxidation sites excluding steroid dienone is 1. The molecule has 34 heavy (non-hydrogen) atoms. The highest BCUT2D eigenvalue weighted by Gasteiger charge is 2.29. The molecule has 1 fully saturated rings. The van der Waals surface area contributed by atoms with Crippen LogP contribution < -0.4 is 5.43 Å². The van der Waals surface area contributed by atoms with Crippen molar-refractivity contribution in [3.8, 4) is 5.75 Å². The summed E-state index contributed by atoms with van der Waals surface area (Å²) in [5.74, 6) is -1.31. The molecule has 0 atom stereocenters. The fourth-order valence-corrected chi connectivity index (χ4v) is 3.38. The number of nitrogens with one attached hydrogen (secondary N) is 1. The zero-order valence-corrected chi connectivity index (χ0v) is 18.2. The number of hydrogen-bond acceptors (Lipinski definition) is 7. The molecule has 2 aromatic rings. The largest absolute Gasteiger partial charge is 0.507 e. The maximum atomic E-state index is 12.6. The van der Waals surface area contributed by atoms with Crippen LogP contribution >= 0.6 is 0 Å². The van der Waals surface area contributed by atoms with Gasteiger partial charge in [-0.1, -0.05) is 18.2 Å². The number of nitrogens with zero attached hydrogens (tertiary/aromatic N) is 4. The van der Waals surface area contributed by atoms with E-state index in [0.29, 0.717) is 17.5 Å². The van der Waals surface area contributed by atoms with Crippen LogP contribution in [0.2, 0.25) is 0 Å². The molecule has 1 aliphatic rings. The van der Waals surface area contributed by atoms with Crippen molar-refractivity contribution < 1.29 is 24.4 Å². The molecule has 0 aliphatic carbocycles. The highest BCUT2D eigenvalue weighted by Crippen LogP contribution is 2.21. The number of phenols is 1. The van der Waals surface area contributed by atoms with Gasteiger partial charge in [-0.05, 0) is 30.2 Å². The molecule has 3 rings (SSSR count). The SMILES string of the molecule is C=CCc1cccc(/C=N/NC(=O)CN2CCN(C(=O)c3ccc([N+](=O)[O-])cc3)CC2=O)c1O. The Labute approximate surface area is 195 Å².